The number of nitrogens with zero attached hydrogens (tertiary/aromatic N) is 2. The smallest absolute Gasteiger partial charge is 0.219 e. The van der Waals surface area contributed by atoms with Gasteiger partial charge in [-0.15, -0.1) is 0 Å². The SMILES string of the molecule is CCCc1nc(NC)cc(OC(C)COCC)n1. The van der Waals surface area contributed by atoms with E-state index in [2.05, 4.69) is 22.2 Å². The van der Waals surface area contributed by atoms with Crippen LogP contribution in [-0.2, 0) is 11.2 Å². The first kappa shape index (κ1) is 14.7. The van der Waals surface area contributed by atoms with Gasteiger partial charge >= 0.3 is 0 Å². The number of nitrogens with one attached hydrogen (secondary N) is 1. The highest BCUT2D eigenvalue weighted by atomic mass is 16.5. The second-order valence-corrected chi connectivity index (χ2v) is 4.10. The van der Waals surface area contributed by atoms with E-state index in [1.165, 1.54) is 0 Å². The zero-order valence-corrected chi connectivity index (χ0v) is 11.7. The van der Waals surface area contributed by atoms with Crippen LogP contribution in [0.15, 0.2) is 6.07 Å². The Morgan fingerprint density at radius 2 is 2.11 bits per heavy atom. The van der Waals surface area contributed by atoms with Gasteiger partial charge in [0.25, 0.3) is 0 Å². The molecule has 5 nitrogen and oxygen atoms in total. The number of hydrogen-bond acceptors (Lipinski definition) is 5. The quantitative estimate of drug-likeness (QED) is 0.770. The predicted molar refractivity (Wildman–Crippen MR) is 72.2 cm³/mol. The first-order valence-corrected chi connectivity index (χ1v) is 6.49. The molecular formula is C13H23N3O2. The van der Waals surface area contributed by atoms with E-state index in [1.54, 1.807) is 0 Å². The Kier molecular flexibility index (Phi) is 6.43. The van der Waals surface area contributed by atoms with Gasteiger partial charge in [-0.3, -0.25) is 0 Å². The van der Waals surface area contributed by atoms with Gasteiger partial charge in [-0.05, 0) is 20.3 Å². The van der Waals surface area contributed by atoms with Crippen LogP contribution in [0.25, 0.3) is 0 Å². The van der Waals surface area contributed by atoms with Crippen LogP contribution in [0.4, 0.5) is 5.82 Å². The Bertz CT molecular complexity index is 358. The fourth-order valence-electron chi connectivity index (χ4n) is 1.52. The summed E-state index contributed by atoms with van der Waals surface area (Å²) in [7, 11) is 1.84. The summed E-state index contributed by atoms with van der Waals surface area (Å²) < 4.78 is 11.0. The lowest BCUT2D eigenvalue weighted by molar-refractivity contribution is 0.0632. The number of anilines is 1. The van der Waals surface area contributed by atoms with Crippen molar-refractivity contribution in [3.8, 4) is 5.88 Å². The summed E-state index contributed by atoms with van der Waals surface area (Å²) in [6, 6.07) is 1.81. The molecule has 18 heavy (non-hydrogen) atoms. The molecule has 0 aliphatic heterocycles. The van der Waals surface area contributed by atoms with Crippen LogP contribution in [0.2, 0.25) is 0 Å². The van der Waals surface area contributed by atoms with Gasteiger partial charge in [0, 0.05) is 26.1 Å². The zero-order valence-electron chi connectivity index (χ0n) is 11.7. The Balaban J connectivity index is 2.71. The molecule has 0 amide bonds. The van der Waals surface area contributed by atoms with Gasteiger partial charge in [-0.1, -0.05) is 6.92 Å². The molecule has 0 aliphatic carbocycles. The average molecular weight is 253 g/mol. The summed E-state index contributed by atoms with van der Waals surface area (Å²) >= 11 is 0. The van der Waals surface area contributed by atoms with Gasteiger partial charge in [0.05, 0.1) is 6.61 Å². The van der Waals surface area contributed by atoms with E-state index in [9.17, 15) is 0 Å². The summed E-state index contributed by atoms with van der Waals surface area (Å²) in [6.45, 7) is 7.30. The van der Waals surface area contributed by atoms with E-state index >= 15 is 0 Å². The molecule has 1 N–H and O–H groups in total. The molecule has 0 saturated carbocycles. The molecule has 1 aromatic heterocycles. The van der Waals surface area contributed by atoms with Gasteiger partial charge in [-0.25, -0.2) is 4.98 Å². The van der Waals surface area contributed by atoms with E-state index in [4.69, 9.17) is 9.47 Å². The van der Waals surface area contributed by atoms with Crippen molar-refractivity contribution < 1.29 is 9.47 Å². The van der Waals surface area contributed by atoms with Crippen molar-refractivity contribution >= 4 is 5.82 Å². The van der Waals surface area contributed by atoms with Crippen LogP contribution in [0.3, 0.4) is 0 Å². The lowest BCUT2D eigenvalue weighted by Crippen LogP contribution is -2.20. The maximum Gasteiger partial charge on any atom is 0.219 e. The minimum absolute atomic E-state index is 0.0148. The molecule has 0 spiro atoms. The zero-order chi connectivity index (χ0) is 13.4. The maximum absolute atomic E-state index is 5.73. The van der Waals surface area contributed by atoms with Gasteiger partial charge in [-0.2, -0.15) is 4.98 Å². The van der Waals surface area contributed by atoms with Crippen molar-refractivity contribution in [3.05, 3.63) is 11.9 Å². The fraction of sp³-hybridized carbons (Fsp3) is 0.692. The minimum Gasteiger partial charge on any atom is -0.472 e. The van der Waals surface area contributed by atoms with E-state index in [0.717, 1.165) is 24.5 Å². The van der Waals surface area contributed by atoms with Gasteiger partial charge in [0.2, 0.25) is 5.88 Å². The van der Waals surface area contributed by atoms with Crippen LogP contribution in [-0.4, -0.2) is 36.3 Å². The summed E-state index contributed by atoms with van der Waals surface area (Å²) in [4.78, 5) is 8.77. The molecule has 1 atom stereocenters. The lowest BCUT2D eigenvalue weighted by atomic mass is 10.3. The first-order valence-electron chi connectivity index (χ1n) is 6.49. The van der Waals surface area contributed by atoms with Gasteiger partial charge in [0.1, 0.15) is 17.7 Å². The summed E-state index contributed by atoms with van der Waals surface area (Å²) in [5, 5.41) is 3.02. The van der Waals surface area contributed by atoms with E-state index < -0.39 is 0 Å². The van der Waals surface area contributed by atoms with Gasteiger partial charge < -0.3 is 14.8 Å². The predicted octanol–water partition coefficient (Wildman–Crippen LogP) is 2.27. The van der Waals surface area contributed by atoms with Crippen LogP contribution in [0.5, 0.6) is 5.88 Å². The Labute approximate surface area is 109 Å². The molecule has 0 aromatic carbocycles. The third-order valence-corrected chi connectivity index (χ3v) is 2.36. The molecule has 0 saturated heterocycles. The van der Waals surface area contributed by atoms with Crippen molar-refractivity contribution in [1.82, 2.24) is 9.97 Å². The standard InChI is InChI=1S/C13H23N3O2/c1-5-7-11-15-12(14-4)8-13(16-11)18-10(3)9-17-6-2/h8,10H,5-7,9H2,1-4H3,(H,14,15,16). The Morgan fingerprint density at radius 3 is 2.72 bits per heavy atom. The summed E-state index contributed by atoms with van der Waals surface area (Å²) in [5.41, 5.74) is 0. The van der Waals surface area contributed by atoms with Crippen molar-refractivity contribution in [3.63, 3.8) is 0 Å². The van der Waals surface area contributed by atoms with Crippen LogP contribution < -0.4 is 10.1 Å². The number of ether oxygens (including phenoxy) is 2. The van der Waals surface area contributed by atoms with Crippen LogP contribution in [0, 0.1) is 0 Å². The molecule has 102 valence electrons. The van der Waals surface area contributed by atoms with Crippen molar-refractivity contribution in [2.75, 3.05) is 25.6 Å². The third kappa shape index (κ3) is 4.87. The minimum atomic E-state index is -0.0148. The molecule has 1 aromatic rings. The molecule has 1 unspecified atom stereocenters. The monoisotopic (exact) mass is 253 g/mol. The molecule has 0 radical (unpaired) electrons. The number of aromatic nitrogens is 2. The molecule has 0 aliphatic rings. The molecule has 1 heterocycles. The maximum atomic E-state index is 5.73. The van der Waals surface area contributed by atoms with Gasteiger partial charge in [0.15, 0.2) is 0 Å². The largest absolute Gasteiger partial charge is 0.472 e. The van der Waals surface area contributed by atoms with Crippen molar-refractivity contribution in [2.45, 2.75) is 39.7 Å². The molecule has 5 heteroatoms. The fourth-order valence-corrected chi connectivity index (χ4v) is 1.52. The van der Waals surface area contributed by atoms with E-state index in [1.807, 2.05) is 27.0 Å². The highest BCUT2D eigenvalue weighted by Gasteiger charge is 2.08. The normalized spacial score (nSPS) is 12.2. The van der Waals surface area contributed by atoms with E-state index in [0.29, 0.717) is 19.1 Å². The first-order chi connectivity index (χ1) is 8.69. The number of hydrogen-bond donors (Lipinski definition) is 1. The summed E-state index contributed by atoms with van der Waals surface area (Å²) in [5.74, 6) is 2.19. The Morgan fingerprint density at radius 1 is 1.33 bits per heavy atom. The third-order valence-electron chi connectivity index (χ3n) is 2.36. The average Bonchev–Trinajstić information content (AvgIpc) is 2.36. The number of rotatable bonds is 8. The molecule has 1 rings (SSSR count). The Hall–Kier alpha value is -1.36. The second kappa shape index (κ2) is 7.87. The lowest BCUT2D eigenvalue weighted by Gasteiger charge is -2.15. The van der Waals surface area contributed by atoms with Crippen LogP contribution in [0.1, 0.15) is 33.0 Å². The topological polar surface area (TPSA) is 56.3 Å². The number of aryl methyl sites for hydroxylation is 1. The second-order valence-electron chi connectivity index (χ2n) is 4.10. The van der Waals surface area contributed by atoms with Crippen LogP contribution >= 0.6 is 0 Å². The highest BCUT2D eigenvalue weighted by molar-refractivity contribution is 5.37. The summed E-state index contributed by atoms with van der Waals surface area (Å²) in [6.07, 6.45) is 1.85. The molecule has 0 bridgehead atoms. The highest BCUT2D eigenvalue weighted by Crippen LogP contribution is 2.15. The molecular weight excluding hydrogens is 230 g/mol. The van der Waals surface area contributed by atoms with E-state index in [-0.39, 0.29) is 6.10 Å². The van der Waals surface area contributed by atoms with Crippen molar-refractivity contribution in [1.29, 1.82) is 0 Å². The van der Waals surface area contributed by atoms with Crippen molar-refractivity contribution in [2.24, 2.45) is 0 Å². The molecule has 0 fully saturated rings.